The van der Waals surface area contributed by atoms with Crippen molar-refractivity contribution in [2.24, 2.45) is 5.92 Å². The van der Waals surface area contributed by atoms with Crippen LogP contribution < -0.4 is 4.90 Å². The molecule has 19 heavy (non-hydrogen) atoms. The summed E-state index contributed by atoms with van der Waals surface area (Å²) in [4.78, 5) is 14.2. The quantitative estimate of drug-likeness (QED) is 0.899. The molecule has 0 spiro atoms. The van der Waals surface area contributed by atoms with Crippen LogP contribution in [-0.4, -0.2) is 17.6 Å². The van der Waals surface area contributed by atoms with Crippen LogP contribution in [0.15, 0.2) is 18.2 Å². The van der Waals surface area contributed by atoms with Gasteiger partial charge in [-0.1, -0.05) is 18.9 Å². The molecule has 1 aliphatic carbocycles. The number of carbonyl (C=O) groups excluding carboxylic acids is 1. The highest BCUT2D eigenvalue weighted by molar-refractivity contribution is 5.94. The van der Waals surface area contributed by atoms with E-state index in [1.807, 2.05) is 19.9 Å². The maximum atomic E-state index is 12.4. The molecule has 2 rings (SSSR count). The smallest absolute Gasteiger partial charge is 0.227 e. The van der Waals surface area contributed by atoms with Crippen molar-refractivity contribution in [1.82, 2.24) is 0 Å². The van der Waals surface area contributed by atoms with Gasteiger partial charge in [0.15, 0.2) is 0 Å². The first-order valence-corrected chi connectivity index (χ1v) is 7.21. The van der Waals surface area contributed by atoms with Gasteiger partial charge in [0.1, 0.15) is 5.75 Å². The van der Waals surface area contributed by atoms with Crippen molar-refractivity contribution in [1.29, 1.82) is 0 Å². The van der Waals surface area contributed by atoms with Crippen LogP contribution in [0.25, 0.3) is 0 Å². The average Bonchev–Trinajstić information content (AvgIpc) is 2.87. The topological polar surface area (TPSA) is 40.5 Å². The van der Waals surface area contributed by atoms with Gasteiger partial charge in [-0.2, -0.15) is 0 Å². The molecule has 0 atom stereocenters. The number of aromatic hydroxyl groups is 1. The second kappa shape index (κ2) is 6.09. The molecule has 0 radical (unpaired) electrons. The van der Waals surface area contributed by atoms with E-state index in [0.29, 0.717) is 18.9 Å². The molecule has 1 aromatic rings. The van der Waals surface area contributed by atoms with Gasteiger partial charge in [-0.05, 0) is 44.2 Å². The van der Waals surface area contributed by atoms with E-state index in [2.05, 4.69) is 0 Å². The summed E-state index contributed by atoms with van der Waals surface area (Å²) in [5, 5.41) is 9.61. The van der Waals surface area contributed by atoms with Crippen molar-refractivity contribution in [3.8, 4) is 5.75 Å². The molecule has 1 saturated carbocycles. The van der Waals surface area contributed by atoms with E-state index in [1.54, 1.807) is 17.0 Å². The van der Waals surface area contributed by atoms with Crippen LogP contribution in [0.3, 0.4) is 0 Å². The van der Waals surface area contributed by atoms with E-state index >= 15 is 0 Å². The zero-order chi connectivity index (χ0) is 13.8. The van der Waals surface area contributed by atoms with E-state index in [-0.39, 0.29) is 11.7 Å². The molecule has 1 fully saturated rings. The molecule has 104 valence electrons. The van der Waals surface area contributed by atoms with Gasteiger partial charge in [-0.15, -0.1) is 0 Å². The average molecular weight is 261 g/mol. The Morgan fingerprint density at radius 2 is 2.05 bits per heavy atom. The van der Waals surface area contributed by atoms with Gasteiger partial charge in [0.2, 0.25) is 5.91 Å². The SMILES string of the molecule is CCN(C(=O)CC1CCCC1)c1cc(O)ccc1C. The lowest BCUT2D eigenvalue weighted by molar-refractivity contribution is -0.119. The third kappa shape index (κ3) is 3.28. The lowest BCUT2D eigenvalue weighted by Crippen LogP contribution is -2.32. The van der Waals surface area contributed by atoms with Crippen LogP contribution in [0.1, 0.15) is 44.6 Å². The summed E-state index contributed by atoms with van der Waals surface area (Å²) in [5.41, 5.74) is 1.87. The van der Waals surface area contributed by atoms with Crippen LogP contribution in [0.5, 0.6) is 5.75 Å². The summed E-state index contributed by atoms with van der Waals surface area (Å²) >= 11 is 0. The summed E-state index contributed by atoms with van der Waals surface area (Å²) in [6.45, 7) is 4.60. The summed E-state index contributed by atoms with van der Waals surface area (Å²) in [6.07, 6.45) is 5.53. The second-order valence-electron chi connectivity index (χ2n) is 5.46. The Morgan fingerprint density at radius 3 is 2.68 bits per heavy atom. The first-order chi connectivity index (χ1) is 9.11. The number of benzene rings is 1. The molecular formula is C16H23NO2. The van der Waals surface area contributed by atoms with Gasteiger partial charge < -0.3 is 10.0 Å². The number of anilines is 1. The number of phenols is 1. The van der Waals surface area contributed by atoms with Gasteiger partial charge in [0.05, 0.1) is 5.69 Å². The predicted octanol–water partition coefficient (Wildman–Crippen LogP) is 3.63. The third-order valence-corrected chi connectivity index (χ3v) is 4.04. The number of nitrogens with zero attached hydrogens (tertiary/aromatic N) is 1. The molecule has 0 aromatic heterocycles. The van der Waals surface area contributed by atoms with Crippen LogP contribution in [0.4, 0.5) is 5.69 Å². The van der Waals surface area contributed by atoms with Gasteiger partial charge in [-0.25, -0.2) is 0 Å². The minimum Gasteiger partial charge on any atom is -0.508 e. The molecule has 3 heteroatoms. The monoisotopic (exact) mass is 261 g/mol. The van der Waals surface area contributed by atoms with Crippen molar-refractivity contribution >= 4 is 11.6 Å². The van der Waals surface area contributed by atoms with Gasteiger partial charge >= 0.3 is 0 Å². The van der Waals surface area contributed by atoms with Gasteiger partial charge in [0.25, 0.3) is 0 Å². The number of amides is 1. The Balaban J connectivity index is 2.13. The molecule has 0 unspecified atom stereocenters. The molecule has 1 N–H and O–H groups in total. The van der Waals surface area contributed by atoms with Crippen molar-refractivity contribution < 1.29 is 9.90 Å². The van der Waals surface area contributed by atoms with E-state index in [1.165, 1.54) is 25.7 Å². The Hall–Kier alpha value is -1.51. The van der Waals surface area contributed by atoms with Gasteiger partial charge in [0, 0.05) is 19.0 Å². The summed E-state index contributed by atoms with van der Waals surface area (Å²) in [5.74, 6) is 0.954. The minimum absolute atomic E-state index is 0.183. The first kappa shape index (κ1) is 13.9. The number of aryl methyl sites for hydroxylation is 1. The second-order valence-corrected chi connectivity index (χ2v) is 5.46. The molecule has 3 nitrogen and oxygen atoms in total. The van der Waals surface area contributed by atoms with Crippen LogP contribution >= 0.6 is 0 Å². The van der Waals surface area contributed by atoms with E-state index < -0.39 is 0 Å². The summed E-state index contributed by atoms with van der Waals surface area (Å²) in [6, 6.07) is 5.20. The summed E-state index contributed by atoms with van der Waals surface area (Å²) < 4.78 is 0. The molecule has 0 aliphatic heterocycles. The number of carbonyl (C=O) groups is 1. The lowest BCUT2D eigenvalue weighted by atomic mass is 10.0. The highest BCUT2D eigenvalue weighted by atomic mass is 16.3. The molecular weight excluding hydrogens is 238 g/mol. The zero-order valence-corrected chi connectivity index (χ0v) is 11.9. The molecule has 0 saturated heterocycles. The molecule has 0 bridgehead atoms. The molecule has 1 amide bonds. The number of hydrogen-bond donors (Lipinski definition) is 1. The fourth-order valence-corrected chi connectivity index (χ4v) is 2.94. The van der Waals surface area contributed by atoms with Crippen LogP contribution in [-0.2, 0) is 4.79 Å². The molecule has 0 heterocycles. The number of phenolic OH excluding ortho intramolecular Hbond substituents is 1. The van der Waals surface area contributed by atoms with E-state index in [9.17, 15) is 9.90 Å². The van der Waals surface area contributed by atoms with E-state index in [4.69, 9.17) is 0 Å². The maximum absolute atomic E-state index is 12.4. The van der Waals surface area contributed by atoms with Gasteiger partial charge in [-0.3, -0.25) is 4.79 Å². The fourth-order valence-electron chi connectivity index (χ4n) is 2.94. The Labute approximate surface area is 115 Å². The predicted molar refractivity (Wildman–Crippen MR) is 77.4 cm³/mol. The highest BCUT2D eigenvalue weighted by Crippen LogP contribution is 2.30. The summed E-state index contributed by atoms with van der Waals surface area (Å²) in [7, 11) is 0. The molecule has 1 aliphatic rings. The van der Waals surface area contributed by atoms with Crippen molar-refractivity contribution in [2.75, 3.05) is 11.4 Å². The van der Waals surface area contributed by atoms with Crippen LogP contribution in [0.2, 0.25) is 0 Å². The molecule has 1 aromatic carbocycles. The van der Waals surface area contributed by atoms with Crippen molar-refractivity contribution in [2.45, 2.75) is 46.0 Å². The Kier molecular flexibility index (Phi) is 4.46. The van der Waals surface area contributed by atoms with E-state index in [0.717, 1.165) is 11.3 Å². The standard InChI is InChI=1S/C16H23NO2/c1-3-17(15-11-14(18)9-8-12(15)2)16(19)10-13-6-4-5-7-13/h8-9,11,13,18H,3-7,10H2,1-2H3. The largest absolute Gasteiger partial charge is 0.508 e. The fraction of sp³-hybridized carbons (Fsp3) is 0.562. The highest BCUT2D eigenvalue weighted by Gasteiger charge is 2.23. The van der Waals surface area contributed by atoms with Crippen LogP contribution in [0, 0.1) is 12.8 Å². The first-order valence-electron chi connectivity index (χ1n) is 7.21. The van der Waals surface area contributed by atoms with Crippen molar-refractivity contribution in [3.05, 3.63) is 23.8 Å². The van der Waals surface area contributed by atoms with Crippen molar-refractivity contribution in [3.63, 3.8) is 0 Å². The zero-order valence-electron chi connectivity index (χ0n) is 11.9. The maximum Gasteiger partial charge on any atom is 0.227 e. The Bertz CT molecular complexity index is 450. The lowest BCUT2D eigenvalue weighted by Gasteiger charge is -2.24. The number of rotatable bonds is 4. The normalized spacial score (nSPS) is 15.7. The number of hydrogen-bond acceptors (Lipinski definition) is 2. The minimum atomic E-state index is 0.183. The third-order valence-electron chi connectivity index (χ3n) is 4.04. The Morgan fingerprint density at radius 1 is 1.37 bits per heavy atom.